The molecule has 0 aliphatic rings. The molecule has 0 aliphatic carbocycles. The van der Waals surface area contributed by atoms with Crippen molar-refractivity contribution in [1.29, 1.82) is 0 Å². The number of hydrogen-bond acceptors (Lipinski definition) is 5. The van der Waals surface area contributed by atoms with Crippen LogP contribution in [0.4, 0.5) is 0 Å². The van der Waals surface area contributed by atoms with E-state index in [9.17, 15) is 4.79 Å². The molecule has 0 saturated carbocycles. The molecular weight excluding hydrogens is 340 g/mol. The van der Waals surface area contributed by atoms with Crippen LogP contribution in [0.3, 0.4) is 0 Å². The summed E-state index contributed by atoms with van der Waals surface area (Å²) >= 11 is 0. The Bertz CT molecular complexity index is 1100. The summed E-state index contributed by atoms with van der Waals surface area (Å²) in [6.07, 6.45) is 6.32. The van der Waals surface area contributed by atoms with Gasteiger partial charge in [-0.25, -0.2) is 9.78 Å². The highest BCUT2D eigenvalue weighted by Gasteiger charge is 2.08. The number of rotatable bonds is 5. The van der Waals surface area contributed by atoms with E-state index in [1.54, 1.807) is 12.3 Å². The van der Waals surface area contributed by atoms with Crippen LogP contribution in [0.2, 0.25) is 0 Å². The lowest BCUT2D eigenvalue weighted by atomic mass is 10.1. The highest BCUT2D eigenvalue weighted by Crippen LogP contribution is 2.19. The van der Waals surface area contributed by atoms with Gasteiger partial charge in [0.25, 0.3) is 0 Å². The first kappa shape index (κ1) is 16.7. The maximum absolute atomic E-state index is 12.0. The van der Waals surface area contributed by atoms with Crippen molar-refractivity contribution in [2.75, 3.05) is 0 Å². The van der Waals surface area contributed by atoms with Crippen LogP contribution in [0, 0.1) is 0 Å². The highest BCUT2D eigenvalue weighted by molar-refractivity contribution is 5.92. The van der Waals surface area contributed by atoms with E-state index >= 15 is 0 Å². The Labute approximate surface area is 156 Å². The predicted molar refractivity (Wildman–Crippen MR) is 103 cm³/mol. The molecule has 0 N–H and O–H groups in total. The van der Waals surface area contributed by atoms with Crippen molar-refractivity contribution in [1.82, 2.24) is 9.97 Å². The van der Waals surface area contributed by atoms with Crippen LogP contribution < -0.4 is 0 Å². The summed E-state index contributed by atoms with van der Waals surface area (Å²) < 4.78 is 10.7. The average Bonchev–Trinajstić information content (AvgIpc) is 3.20. The fourth-order valence-electron chi connectivity index (χ4n) is 2.70. The molecule has 0 unspecified atom stereocenters. The van der Waals surface area contributed by atoms with E-state index in [2.05, 4.69) is 9.97 Å². The Morgan fingerprint density at radius 3 is 2.78 bits per heavy atom. The van der Waals surface area contributed by atoms with Gasteiger partial charge < -0.3 is 9.15 Å². The molecule has 0 saturated heterocycles. The van der Waals surface area contributed by atoms with Crippen LogP contribution in [-0.2, 0) is 16.1 Å². The number of fused-ring (bicyclic) bond motifs is 1. The zero-order valence-electron chi connectivity index (χ0n) is 14.4. The lowest BCUT2D eigenvalue weighted by molar-refractivity contribution is -0.139. The third kappa shape index (κ3) is 3.93. The lowest BCUT2D eigenvalue weighted by Crippen LogP contribution is -2.01. The number of nitrogens with zero attached hydrogens (tertiary/aromatic N) is 2. The smallest absolute Gasteiger partial charge is 0.331 e. The van der Waals surface area contributed by atoms with Gasteiger partial charge in [0.1, 0.15) is 18.6 Å². The Morgan fingerprint density at radius 2 is 1.89 bits per heavy atom. The molecule has 2 heterocycles. The van der Waals surface area contributed by atoms with Crippen LogP contribution in [0.1, 0.15) is 11.3 Å². The van der Waals surface area contributed by atoms with Crippen molar-refractivity contribution in [3.8, 4) is 11.5 Å². The summed E-state index contributed by atoms with van der Waals surface area (Å²) in [5.41, 5.74) is 3.13. The first-order valence-electron chi connectivity index (χ1n) is 8.48. The normalized spacial score (nSPS) is 11.1. The fourth-order valence-corrected chi connectivity index (χ4v) is 2.70. The molecule has 0 bridgehead atoms. The minimum Gasteiger partial charge on any atom is -0.456 e. The Hall–Kier alpha value is -3.73. The number of pyridine rings is 1. The fraction of sp³-hybridized carbons (Fsp3) is 0.0455. The first-order chi connectivity index (χ1) is 13.3. The molecule has 2 aromatic heterocycles. The number of oxazole rings is 1. The van der Waals surface area contributed by atoms with Crippen molar-refractivity contribution in [3.05, 3.63) is 90.5 Å². The zero-order chi connectivity index (χ0) is 18.5. The number of carbonyl (C=O) groups is 1. The lowest BCUT2D eigenvalue weighted by Gasteiger charge is -2.01. The van der Waals surface area contributed by atoms with Gasteiger partial charge >= 0.3 is 5.97 Å². The van der Waals surface area contributed by atoms with Crippen molar-refractivity contribution >= 4 is 22.9 Å². The zero-order valence-corrected chi connectivity index (χ0v) is 14.4. The number of carbonyl (C=O) groups excluding carboxylic acids is 1. The van der Waals surface area contributed by atoms with E-state index in [0.29, 0.717) is 11.6 Å². The van der Waals surface area contributed by atoms with E-state index in [4.69, 9.17) is 9.15 Å². The van der Waals surface area contributed by atoms with Crippen LogP contribution in [0.15, 0.2) is 83.6 Å². The molecule has 4 aromatic rings. The van der Waals surface area contributed by atoms with E-state index < -0.39 is 5.97 Å². The number of benzene rings is 2. The summed E-state index contributed by atoms with van der Waals surface area (Å²) in [6, 6.07) is 19.2. The predicted octanol–water partition coefficient (Wildman–Crippen LogP) is 4.65. The van der Waals surface area contributed by atoms with Gasteiger partial charge in [-0.1, -0.05) is 42.5 Å². The molecule has 4 rings (SSSR count). The molecule has 5 nitrogen and oxygen atoms in total. The number of aromatic nitrogens is 2. The van der Waals surface area contributed by atoms with Gasteiger partial charge in [0.05, 0.1) is 5.52 Å². The summed E-state index contributed by atoms with van der Waals surface area (Å²) in [5, 5.41) is 1.02. The maximum atomic E-state index is 12.0. The van der Waals surface area contributed by atoms with Crippen LogP contribution in [0.5, 0.6) is 0 Å². The van der Waals surface area contributed by atoms with E-state index in [-0.39, 0.29) is 6.61 Å². The van der Waals surface area contributed by atoms with E-state index in [1.807, 2.05) is 60.7 Å². The SMILES string of the molecule is O=C(/C=C/c1cccc2cccnc12)OCc1coc(-c2ccccc2)n1. The molecule has 0 spiro atoms. The maximum Gasteiger partial charge on any atom is 0.331 e. The van der Waals surface area contributed by atoms with Crippen LogP contribution in [-0.4, -0.2) is 15.9 Å². The molecule has 27 heavy (non-hydrogen) atoms. The van der Waals surface area contributed by atoms with Gasteiger partial charge in [0.2, 0.25) is 5.89 Å². The largest absolute Gasteiger partial charge is 0.456 e. The Morgan fingerprint density at radius 1 is 1.04 bits per heavy atom. The molecule has 0 aliphatic heterocycles. The van der Waals surface area contributed by atoms with Crippen molar-refractivity contribution < 1.29 is 13.9 Å². The number of ether oxygens (including phenoxy) is 1. The number of esters is 1. The van der Waals surface area contributed by atoms with Crippen molar-refractivity contribution in [2.45, 2.75) is 6.61 Å². The van der Waals surface area contributed by atoms with Gasteiger partial charge in [-0.15, -0.1) is 0 Å². The van der Waals surface area contributed by atoms with E-state index in [1.165, 1.54) is 12.3 Å². The van der Waals surface area contributed by atoms with Gasteiger partial charge in [0.15, 0.2) is 0 Å². The van der Waals surface area contributed by atoms with Gasteiger partial charge in [-0.05, 0) is 24.3 Å². The molecule has 5 heteroatoms. The quantitative estimate of drug-likeness (QED) is 0.385. The number of hydrogen-bond donors (Lipinski definition) is 0. The second-order valence-electron chi connectivity index (χ2n) is 5.87. The third-order valence-electron chi connectivity index (χ3n) is 4.00. The standard InChI is InChI=1S/C22H16N2O3/c25-20(12-11-17-9-4-8-16-10-5-13-23-21(16)17)26-14-19-15-27-22(24-19)18-6-2-1-3-7-18/h1-13,15H,14H2/b12-11+. The molecule has 0 fully saturated rings. The van der Waals surface area contributed by atoms with Crippen molar-refractivity contribution in [2.24, 2.45) is 0 Å². The minimum atomic E-state index is -0.452. The summed E-state index contributed by atoms with van der Waals surface area (Å²) in [4.78, 5) is 20.7. The Kier molecular flexibility index (Phi) is 4.74. The molecule has 0 amide bonds. The monoisotopic (exact) mass is 356 g/mol. The molecule has 132 valence electrons. The van der Waals surface area contributed by atoms with Gasteiger partial charge in [-0.2, -0.15) is 0 Å². The molecule has 2 aromatic carbocycles. The summed E-state index contributed by atoms with van der Waals surface area (Å²) in [6.45, 7) is 0.0489. The van der Waals surface area contributed by atoms with Crippen LogP contribution >= 0.6 is 0 Å². The number of para-hydroxylation sites is 1. The van der Waals surface area contributed by atoms with Gasteiger partial charge in [0, 0.05) is 28.8 Å². The summed E-state index contributed by atoms with van der Waals surface area (Å²) in [5.74, 6) is 0.0474. The minimum absolute atomic E-state index is 0.0489. The second-order valence-corrected chi connectivity index (χ2v) is 5.87. The topological polar surface area (TPSA) is 65.2 Å². The first-order valence-corrected chi connectivity index (χ1v) is 8.48. The third-order valence-corrected chi connectivity index (χ3v) is 4.00. The van der Waals surface area contributed by atoms with Crippen LogP contribution in [0.25, 0.3) is 28.4 Å². The molecule has 0 radical (unpaired) electrons. The van der Waals surface area contributed by atoms with Gasteiger partial charge in [-0.3, -0.25) is 4.98 Å². The van der Waals surface area contributed by atoms with Crippen molar-refractivity contribution in [3.63, 3.8) is 0 Å². The second kappa shape index (κ2) is 7.66. The summed E-state index contributed by atoms with van der Waals surface area (Å²) in [7, 11) is 0. The van der Waals surface area contributed by atoms with E-state index in [0.717, 1.165) is 22.0 Å². The molecule has 0 atom stereocenters. The average molecular weight is 356 g/mol. The highest BCUT2D eigenvalue weighted by atomic mass is 16.5. The Balaban J connectivity index is 1.40. The molecular formula is C22H16N2O3.